The number of benzene rings is 3. The van der Waals surface area contributed by atoms with Gasteiger partial charge in [-0.05, 0) is 72.6 Å². The van der Waals surface area contributed by atoms with Gasteiger partial charge in [0.2, 0.25) is 15.9 Å². The van der Waals surface area contributed by atoms with Crippen LogP contribution in [0.5, 0.6) is 0 Å². The van der Waals surface area contributed by atoms with Crippen LogP contribution in [-0.2, 0) is 21.4 Å². The van der Waals surface area contributed by atoms with Gasteiger partial charge >= 0.3 is 0 Å². The van der Waals surface area contributed by atoms with Crippen molar-refractivity contribution in [3.63, 3.8) is 0 Å². The fourth-order valence-electron chi connectivity index (χ4n) is 2.92. The largest absolute Gasteiger partial charge is 0.326 e. The third-order valence-corrected chi connectivity index (χ3v) is 6.26. The number of aryl methyl sites for hydroxylation is 1. The lowest BCUT2D eigenvalue weighted by molar-refractivity contribution is -0.114. The van der Waals surface area contributed by atoms with E-state index in [9.17, 15) is 18.0 Å². The van der Waals surface area contributed by atoms with Crippen LogP contribution in [-0.4, -0.2) is 20.2 Å². The molecule has 2 amide bonds. The monoisotopic (exact) mass is 471 g/mol. The second kappa shape index (κ2) is 9.95. The fraction of sp³-hybridized carbons (Fsp3) is 0.130. The zero-order valence-electron chi connectivity index (χ0n) is 17.5. The van der Waals surface area contributed by atoms with Crippen molar-refractivity contribution in [2.75, 3.05) is 10.6 Å². The zero-order valence-corrected chi connectivity index (χ0v) is 19.0. The maximum absolute atomic E-state index is 12.5. The summed E-state index contributed by atoms with van der Waals surface area (Å²) in [6.07, 6.45) is 0. The van der Waals surface area contributed by atoms with E-state index >= 15 is 0 Å². The van der Waals surface area contributed by atoms with Gasteiger partial charge in [-0.15, -0.1) is 0 Å². The van der Waals surface area contributed by atoms with Crippen molar-refractivity contribution in [3.8, 4) is 0 Å². The van der Waals surface area contributed by atoms with Gasteiger partial charge in [-0.3, -0.25) is 9.59 Å². The number of sulfonamides is 1. The summed E-state index contributed by atoms with van der Waals surface area (Å²) in [4.78, 5) is 23.6. The Morgan fingerprint density at radius 1 is 0.906 bits per heavy atom. The second-order valence-electron chi connectivity index (χ2n) is 7.14. The number of halogens is 1. The van der Waals surface area contributed by atoms with Crippen LogP contribution in [0.4, 0.5) is 11.4 Å². The van der Waals surface area contributed by atoms with Crippen LogP contribution in [0.3, 0.4) is 0 Å². The van der Waals surface area contributed by atoms with Crippen LogP contribution in [0, 0.1) is 6.92 Å². The Morgan fingerprint density at radius 2 is 1.56 bits per heavy atom. The summed E-state index contributed by atoms with van der Waals surface area (Å²) >= 11 is 5.94. The van der Waals surface area contributed by atoms with Crippen LogP contribution in [0.25, 0.3) is 0 Å². The summed E-state index contributed by atoms with van der Waals surface area (Å²) < 4.78 is 27.5. The number of hydrogen-bond acceptors (Lipinski definition) is 4. The van der Waals surface area contributed by atoms with Crippen molar-refractivity contribution >= 4 is 44.8 Å². The number of hydrogen-bond donors (Lipinski definition) is 3. The number of nitrogens with one attached hydrogen (secondary N) is 3. The van der Waals surface area contributed by atoms with E-state index in [0.717, 1.165) is 5.56 Å². The van der Waals surface area contributed by atoms with E-state index in [0.29, 0.717) is 27.5 Å². The molecule has 0 heterocycles. The van der Waals surface area contributed by atoms with E-state index in [2.05, 4.69) is 15.4 Å². The van der Waals surface area contributed by atoms with Gasteiger partial charge in [0.1, 0.15) is 0 Å². The Bertz CT molecular complexity index is 1240. The summed E-state index contributed by atoms with van der Waals surface area (Å²) in [6.45, 7) is 3.29. The molecule has 0 saturated carbocycles. The van der Waals surface area contributed by atoms with E-state index in [1.165, 1.54) is 31.2 Å². The summed E-state index contributed by atoms with van der Waals surface area (Å²) in [5.74, 6) is -0.513. The Hall–Kier alpha value is -3.20. The van der Waals surface area contributed by atoms with Gasteiger partial charge in [0, 0.05) is 35.4 Å². The van der Waals surface area contributed by atoms with E-state index in [-0.39, 0.29) is 23.3 Å². The summed E-state index contributed by atoms with van der Waals surface area (Å²) in [7, 11) is -3.73. The highest BCUT2D eigenvalue weighted by Crippen LogP contribution is 2.20. The topological polar surface area (TPSA) is 104 Å². The smallest absolute Gasteiger partial charge is 0.255 e. The Labute approximate surface area is 191 Å². The molecule has 3 rings (SSSR count). The molecule has 0 bridgehead atoms. The molecule has 0 unspecified atom stereocenters. The molecule has 166 valence electrons. The van der Waals surface area contributed by atoms with Gasteiger partial charge in [-0.2, -0.15) is 0 Å². The second-order valence-corrected chi connectivity index (χ2v) is 9.34. The lowest BCUT2D eigenvalue weighted by atomic mass is 10.1. The van der Waals surface area contributed by atoms with Gasteiger partial charge in [-0.1, -0.05) is 23.7 Å². The van der Waals surface area contributed by atoms with Crippen molar-refractivity contribution < 1.29 is 18.0 Å². The molecule has 0 atom stereocenters. The first-order valence-electron chi connectivity index (χ1n) is 9.68. The third-order valence-electron chi connectivity index (χ3n) is 4.60. The van der Waals surface area contributed by atoms with Gasteiger partial charge in [-0.25, -0.2) is 13.1 Å². The normalized spacial score (nSPS) is 11.1. The minimum Gasteiger partial charge on any atom is -0.326 e. The van der Waals surface area contributed by atoms with Crippen LogP contribution >= 0.6 is 11.6 Å². The molecule has 3 aromatic carbocycles. The van der Waals surface area contributed by atoms with Gasteiger partial charge in [0.15, 0.2) is 0 Å². The Kier molecular flexibility index (Phi) is 7.29. The van der Waals surface area contributed by atoms with E-state index < -0.39 is 10.0 Å². The zero-order chi connectivity index (χ0) is 23.3. The van der Waals surface area contributed by atoms with Crippen molar-refractivity contribution in [2.24, 2.45) is 0 Å². The SMILES string of the molecule is CC(=O)Nc1ccc(S(=O)(=O)NCc2ccc(C(=O)Nc3ccc(Cl)cc3C)cc2)cc1. The first kappa shape index (κ1) is 23.5. The molecule has 3 aromatic rings. The average Bonchev–Trinajstić information content (AvgIpc) is 2.74. The first-order valence-corrected chi connectivity index (χ1v) is 11.5. The predicted octanol–water partition coefficient (Wildman–Crippen LogP) is 4.34. The molecular formula is C23H22ClN3O4S. The number of amides is 2. The first-order chi connectivity index (χ1) is 15.1. The molecule has 0 spiro atoms. The van der Waals surface area contributed by atoms with E-state index in [4.69, 9.17) is 11.6 Å². The quantitative estimate of drug-likeness (QED) is 0.476. The summed E-state index contributed by atoms with van der Waals surface area (Å²) in [5.41, 5.74) is 3.17. The Balaban J connectivity index is 1.61. The maximum atomic E-state index is 12.5. The number of rotatable bonds is 7. The molecule has 32 heavy (non-hydrogen) atoms. The number of carbonyl (C=O) groups excluding carboxylic acids is 2. The van der Waals surface area contributed by atoms with Crippen molar-refractivity contribution in [2.45, 2.75) is 25.3 Å². The molecule has 0 fully saturated rings. The molecule has 9 heteroatoms. The predicted molar refractivity (Wildman–Crippen MR) is 125 cm³/mol. The standard InChI is InChI=1S/C23H22ClN3O4S/c1-15-13-19(24)7-12-22(15)27-23(29)18-5-3-17(4-6-18)14-25-32(30,31)21-10-8-20(9-11-21)26-16(2)28/h3-13,25H,14H2,1-2H3,(H,26,28)(H,27,29). The lowest BCUT2D eigenvalue weighted by Crippen LogP contribution is -2.23. The minimum atomic E-state index is -3.73. The van der Waals surface area contributed by atoms with Gasteiger partial charge < -0.3 is 10.6 Å². The summed E-state index contributed by atoms with van der Waals surface area (Å²) in [6, 6.07) is 17.7. The molecule has 0 aliphatic carbocycles. The highest BCUT2D eigenvalue weighted by atomic mass is 35.5. The minimum absolute atomic E-state index is 0.0635. The molecule has 0 saturated heterocycles. The number of anilines is 2. The Morgan fingerprint density at radius 3 is 2.16 bits per heavy atom. The van der Waals surface area contributed by atoms with Crippen molar-refractivity contribution in [3.05, 3.63) is 88.4 Å². The van der Waals surface area contributed by atoms with Gasteiger partial charge in [0.05, 0.1) is 4.90 Å². The molecule has 0 radical (unpaired) electrons. The average molecular weight is 472 g/mol. The fourth-order valence-corrected chi connectivity index (χ4v) is 4.16. The molecule has 7 nitrogen and oxygen atoms in total. The molecule has 0 aliphatic heterocycles. The highest BCUT2D eigenvalue weighted by molar-refractivity contribution is 7.89. The maximum Gasteiger partial charge on any atom is 0.255 e. The molecule has 3 N–H and O–H groups in total. The van der Waals surface area contributed by atoms with Crippen LogP contribution in [0.1, 0.15) is 28.4 Å². The summed E-state index contributed by atoms with van der Waals surface area (Å²) in [5, 5.41) is 6.01. The molecular weight excluding hydrogens is 450 g/mol. The third kappa shape index (κ3) is 6.16. The van der Waals surface area contributed by atoms with Crippen LogP contribution in [0.2, 0.25) is 5.02 Å². The van der Waals surface area contributed by atoms with Crippen molar-refractivity contribution in [1.29, 1.82) is 0 Å². The van der Waals surface area contributed by atoms with E-state index in [1.54, 1.807) is 42.5 Å². The van der Waals surface area contributed by atoms with Crippen LogP contribution in [0.15, 0.2) is 71.6 Å². The van der Waals surface area contributed by atoms with E-state index in [1.807, 2.05) is 6.92 Å². The van der Waals surface area contributed by atoms with Crippen LogP contribution < -0.4 is 15.4 Å². The lowest BCUT2D eigenvalue weighted by Gasteiger charge is -2.10. The van der Waals surface area contributed by atoms with Gasteiger partial charge in [0.25, 0.3) is 5.91 Å². The van der Waals surface area contributed by atoms with Crippen molar-refractivity contribution in [1.82, 2.24) is 4.72 Å². The number of carbonyl (C=O) groups is 2. The molecule has 0 aliphatic rings. The highest BCUT2D eigenvalue weighted by Gasteiger charge is 2.14. The molecule has 0 aromatic heterocycles.